The molecule has 3 heterocycles. The van der Waals surface area contributed by atoms with Gasteiger partial charge in [-0.1, -0.05) is 11.6 Å². The smallest absolute Gasteiger partial charge is 0.254 e. The van der Waals surface area contributed by atoms with Crippen LogP contribution in [0.5, 0.6) is 0 Å². The van der Waals surface area contributed by atoms with Crippen LogP contribution in [0.4, 0.5) is 5.82 Å². The molecule has 1 aliphatic rings. The minimum absolute atomic E-state index is 0.112. The lowest BCUT2D eigenvalue weighted by atomic mass is 10.3. The van der Waals surface area contributed by atoms with Crippen molar-refractivity contribution in [3.05, 3.63) is 28.7 Å². The zero-order chi connectivity index (χ0) is 18.0. The van der Waals surface area contributed by atoms with Gasteiger partial charge in [0, 0.05) is 37.9 Å². The summed E-state index contributed by atoms with van der Waals surface area (Å²) in [6, 6.07) is 3.47. The summed E-state index contributed by atoms with van der Waals surface area (Å²) in [6.07, 6.45) is 0. The topological polar surface area (TPSA) is 79.2 Å². The van der Waals surface area contributed by atoms with Crippen molar-refractivity contribution in [1.82, 2.24) is 29.5 Å². The molecule has 1 aliphatic heterocycles. The molecule has 0 spiro atoms. The zero-order valence-electron chi connectivity index (χ0n) is 14.7. The summed E-state index contributed by atoms with van der Waals surface area (Å²) in [7, 11) is 2.08. The molecule has 25 heavy (non-hydrogen) atoms. The van der Waals surface area contributed by atoms with E-state index >= 15 is 0 Å². The molecule has 1 amide bonds. The molecular weight excluding hydrogens is 342 g/mol. The molecule has 2 aromatic rings. The van der Waals surface area contributed by atoms with E-state index in [9.17, 15) is 4.79 Å². The van der Waals surface area contributed by atoms with Crippen LogP contribution in [-0.4, -0.2) is 75.2 Å². The summed E-state index contributed by atoms with van der Waals surface area (Å²) in [5, 5.41) is 7.41. The molecule has 0 aliphatic carbocycles. The second kappa shape index (κ2) is 7.47. The third-order valence-electron chi connectivity index (χ3n) is 4.11. The Morgan fingerprint density at radius 3 is 2.56 bits per heavy atom. The van der Waals surface area contributed by atoms with Crippen LogP contribution in [0.3, 0.4) is 0 Å². The van der Waals surface area contributed by atoms with Gasteiger partial charge in [-0.3, -0.25) is 9.69 Å². The first-order chi connectivity index (χ1) is 11.9. The van der Waals surface area contributed by atoms with E-state index in [4.69, 9.17) is 11.6 Å². The normalized spacial score (nSPS) is 16.2. The number of carbonyl (C=O) groups is 1. The van der Waals surface area contributed by atoms with Crippen molar-refractivity contribution in [2.45, 2.75) is 13.8 Å². The number of nitrogens with one attached hydrogen (secondary N) is 1. The van der Waals surface area contributed by atoms with Crippen molar-refractivity contribution >= 4 is 23.3 Å². The number of hydrogen-bond acceptors (Lipinski definition) is 6. The molecule has 3 rings (SSSR count). The van der Waals surface area contributed by atoms with Crippen LogP contribution in [-0.2, 0) is 4.79 Å². The van der Waals surface area contributed by atoms with E-state index in [0.29, 0.717) is 18.3 Å². The fourth-order valence-corrected chi connectivity index (χ4v) is 2.97. The fourth-order valence-electron chi connectivity index (χ4n) is 2.79. The third kappa shape index (κ3) is 4.53. The van der Waals surface area contributed by atoms with Gasteiger partial charge in [-0.2, -0.15) is 15.1 Å². The number of anilines is 1. The van der Waals surface area contributed by atoms with Crippen molar-refractivity contribution in [1.29, 1.82) is 0 Å². The van der Waals surface area contributed by atoms with E-state index in [2.05, 4.69) is 37.2 Å². The molecule has 0 radical (unpaired) electrons. The highest BCUT2D eigenvalue weighted by Gasteiger charge is 2.17. The van der Waals surface area contributed by atoms with Crippen LogP contribution in [0.1, 0.15) is 11.4 Å². The summed E-state index contributed by atoms with van der Waals surface area (Å²) in [5.41, 5.74) is 1.76. The third-order valence-corrected chi connectivity index (χ3v) is 4.31. The fraction of sp³-hybridized carbons (Fsp3) is 0.500. The number of nitrogens with zero attached hydrogens (tertiary/aromatic N) is 6. The quantitative estimate of drug-likeness (QED) is 0.820. The van der Waals surface area contributed by atoms with Gasteiger partial charge in [0.15, 0.2) is 0 Å². The number of hydrogen-bond donors (Lipinski definition) is 1. The molecule has 2 aromatic heterocycles. The highest BCUT2D eigenvalue weighted by molar-refractivity contribution is 6.29. The maximum absolute atomic E-state index is 12.3. The number of aromatic nitrogens is 4. The summed E-state index contributed by atoms with van der Waals surface area (Å²) >= 11 is 6.09. The van der Waals surface area contributed by atoms with Crippen LogP contribution < -0.4 is 5.32 Å². The first kappa shape index (κ1) is 17.8. The summed E-state index contributed by atoms with van der Waals surface area (Å²) in [4.78, 5) is 25.2. The van der Waals surface area contributed by atoms with Gasteiger partial charge in [-0.25, -0.2) is 4.68 Å². The highest BCUT2D eigenvalue weighted by Crippen LogP contribution is 2.16. The van der Waals surface area contributed by atoms with E-state index in [1.54, 1.807) is 10.7 Å². The molecule has 1 saturated heterocycles. The van der Waals surface area contributed by atoms with Crippen LogP contribution in [0.2, 0.25) is 5.15 Å². The molecule has 0 atom stereocenters. The van der Waals surface area contributed by atoms with Gasteiger partial charge in [-0.05, 0) is 27.0 Å². The van der Waals surface area contributed by atoms with Gasteiger partial charge in [-0.15, -0.1) is 0 Å². The van der Waals surface area contributed by atoms with Gasteiger partial charge in [0.2, 0.25) is 5.91 Å². The Kier molecular flexibility index (Phi) is 5.31. The second-order valence-electron chi connectivity index (χ2n) is 6.34. The van der Waals surface area contributed by atoms with E-state index in [0.717, 1.165) is 37.6 Å². The summed E-state index contributed by atoms with van der Waals surface area (Å²) in [5.74, 6) is 0.605. The maximum Gasteiger partial charge on any atom is 0.254 e. The van der Waals surface area contributed by atoms with Gasteiger partial charge in [0.25, 0.3) is 5.95 Å². The zero-order valence-corrected chi connectivity index (χ0v) is 15.4. The first-order valence-corrected chi connectivity index (χ1v) is 8.57. The molecule has 1 fully saturated rings. The number of likely N-dealkylation sites (N-methyl/N-ethyl adjacent to an activating group) is 1. The Morgan fingerprint density at radius 2 is 1.92 bits per heavy atom. The molecule has 0 bridgehead atoms. The standard InChI is InChI=1S/C16H22ClN7O/c1-11-8-12(2)24(21-11)16-18-13(17)9-14(20-16)19-15(25)10-23-6-4-22(3)5-7-23/h8-9H,4-7,10H2,1-3H3,(H,18,19,20,25). The van der Waals surface area contributed by atoms with Gasteiger partial charge < -0.3 is 10.2 Å². The summed E-state index contributed by atoms with van der Waals surface area (Å²) in [6.45, 7) is 7.84. The Labute approximate surface area is 151 Å². The average Bonchev–Trinajstić information content (AvgIpc) is 2.87. The largest absolute Gasteiger partial charge is 0.309 e. The van der Waals surface area contributed by atoms with Gasteiger partial charge in [0.05, 0.1) is 12.2 Å². The molecule has 8 nitrogen and oxygen atoms in total. The van der Waals surface area contributed by atoms with Gasteiger partial charge >= 0.3 is 0 Å². The van der Waals surface area contributed by atoms with Crippen molar-refractivity contribution in [2.75, 3.05) is 45.1 Å². The van der Waals surface area contributed by atoms with E-state index in [-0.39, 0.29) is 11.1 Å². The number of rotatable bonds is 4. The maximum atomic E-state index is 12.3. The van der Waals surface area contributed by atoms with Crippen molar-refractivity contribution in [3.8, 4) is 5.95 Å². The minimum Gasteiger partial charge on any atom is -0.309 e. The Morgan fingerprint density at radius 1 is 1.20 bits per heavy atom. The predicted octanol–water partition coefficient (Wildman–Crippen LogP) is 1.12. The molecule has 134 valence electrons. The van der Waals surface area contributed by atoms with Crippen LogP contribution in [0.25, 0.3) is 5.95 Å². The lowest BCUT2D eigenvalue weighted by Crippen LogP contribution is -2.47. The predicted molar refractivity (Wildman–Crippen MR) is 96.2 cm³/mol. The molecular formula is C16H22ClN7O. The Bertz CT molecular complexity index is 768. The van der Waals surface area contributed by atoms with E-state index in [1.807, 2.05) is 19.9 Å². The first-order valence-electron chi connectivity index (χ1n) is 8.19. The summed E-state index contributed by atoms with van der Waals surface area (Å²) < 4.78 is 1.61. The van der Waals surface area contributed by atoms with E-state index in [1.165, 1.54) is 0 Å². The highest BCUT2D eigenvalue weighted by atomic mass is 35.5. The number of aryl methyl sites for hydroxylation is 2. The number of piperazine rings is 1. The SMILES string of the molecule is Cc1cc(C)n(-c2nc(Cl)cc(NC(=O)CN3CCN(C)CC3)n2)n1. The molecule has 0 aromatic carbocycles. The van der Waals surface area contributed by atoms with Crippen LogP contribution in [0, 0.1) is 13.8 Å². The second-order valence-corrected chi connectivity index (χ2v) is 6.73. The number of carbonyl (C=O) groups excluding carboxylic acids is 1. The van der Waals surface area contributed by atoms with Crippen molar-refractivity contribution < 1.29 is 4.79 Å². The van der Waals surface area contributed by atoms with Gasteiger partial charge in [0.1, 0.15) is 11.0 Å². The molecule has 9 heteroatoms. The number of amides is 1. The van der Waals surface area contributed by atoms with Crippen LogP contribution >= 0.6 is 11.6 Å². The lowest BCUT2D eigenvalue weighted by Gasteiger charge is -2.31. The minimum atomic E-state index is -0.112. The molecule has 1 N–H and O–H groups in total. The Hall–Kier alpha value is -2.03. The molecule has 0 saturated carbocycles. The van der Waals surface area contributed by atoms with Crippen molar-refractivity contribution in [2.24, 2.45) is 0 Å². The van der Waals surface area contributed by atoms with Crippen molar-refractivity contribution in [3.63, 3.8) is 0 Å². The lowest BCUT2D eigenvalue weighted by molar-refractivity contribution is -0.117. The van der Waals surface area contributed by atoms with E-state index < -0.39 is 0 Å². The van der Waals surface area contributed by atoms with Crippen LogP contribution in [0.15, 0.2) is 12.1 Å². The average molecular weight is 364 g/mol. The Balaban J connectivity index is 1.70. The monoisotopic (exact) mass is 363 g/mol. The molecule has 0 unspecified atom stereocenters. The number of halogens is 1.